The summed E-state index contributed by atoms with van der Waals surface area (Å²) in [4.78, 5) is 57.5. The van der Waals surface area contributed by atoms with Crippen LogP contribution in [0.5, 0.6) is 0 Å². The topological polar surface area (TPSA) is 151 Å². The number of nitrogens with zero attached hydrogens (tertiary/aromatic N) is 2. The highest BCUT2D eigenvalue weighted by atomic mass is 16.6. The van der Waals surface area contributed by atoms with Crippen LogP contribution in [-0.4, -0.2) is 57.6 Å². The van der Waals surface area contributed by atoms with Gasteiger partial charge in [-0.25, -0.2) is 4.79 Å². The van der Waals surface area contributed by atoms with E-state index in [0.29, 0.717) is 0 Å². The number of pyridine rings is 1. The van der Waals surface area contributed by atoms with Gasteiger partial charge in [0.1, 0.15) is 17.2 Å². The predicted molar refractivity (Wildman–Crippen MR) is 175 cm³/mol. The highest BCUT2D eigenvalue weighted by molar-refractivity contribution is 5.96. The molecule has 2 heterocycles. The normalized spacial score (nSPS) is 16.5. The molecule has 3 aromatic rings. The van der Waals surface area contributed by atoms with Crippen LogP contribution in [0.1, 0.15) is 61.1 Å². The van der Waals surface area contributed by atoms with E-state index in [0.717, 1.165) is 11.1 Å². The monoisotopic (exact) mass is 625 g/mol. The number of hydroxylamine groups is 1. The van der Waals surface area contributed by atoms with Crippen LogP contribution in [-0.2, 0) is 14.3 Å². The zero-order chi connectivity index (χ0) is 33.2. The van der Waals surface area contributed by atoms with Crippen molar-refractivity contribution in [3.8, 4) is 0 Å². The van der Waals surface area contributed by atoms with E-state index in [2.05, 4.69) is 15.6 Å². The molecule has 2 amide bonds. The Morgan fingerprint density at radius 2 is 1.59 bits per heavy atom. The van der Waals surface area contributed by atoms with Crippen molar-refractivity contribution in [1.29, 1.82) is 0 Å². The van der Waals surface area contributed by atoms with Crippen LogP contribution < -0.4 is 21.7 Å². The van der Waals surface area contributed by atoms with E-state index in [9.17, 15) is 24.4 Å². The zero-order valence-electron chi connectivity index (χ0n) is 26.1. The van der Waals surface area contributed by atoms with E-state index < -0.39 is 46.7 Å². The molecule has 1 aliphatic rings. The van der Waals surface area contributed by atoms with Crippen LogP contribution in [0.4, 0.5) is 0 Å². The van der Waals surface area contributed by atoms with Crippen LogP contribution in [0.3, 0.4) is 0 Å². The largest absolute Gasteiger partial charge is 0.458 e. The standard InChI is InChI=1S/C35H39N5O6/c1-34(2,3)46-32(43)28(20-13-22-36-33(44)35(39-45)21-11-6-12-23-37-35)38-30(41)27-19-14-24-40(31(27)42)29(25-15-7-4-8-16-25)26-17-9-5-10-18-26/h4-12,14-19,21,23-24,28-29,39,45H,13,20,22H2,1-3H3,(H,36,44)(H,38,41)/t28-,35?/m0/s1. The van der Waals surface area contributed by atoms with Crippen molar-refractivity contribution in [1.82, 2.24) is 20.7 Å². The average Bonchev–Trinajstić information content (AvgIpc) is 3.30. The second kappa shape index (κ2) is 15.2. The van der Waals surface area contributed by atoms with Crippen LogP contribution in [0, 0.1) is 0 Å². The van der Waals surface area contributed by atoms with Gasteiger partial charge in [-0.15, -0.1) is 0 Å². The fourth-order valence-corrected chi connectivity index (χ4v) is 4.93. The Bertz CT molecular complexity index is 1600. The molecule has 0 spiro atoms. The minimum atomic E-state index is -1.70. The Balaban J connectivity index is 1.53. The van der Waals surface area contributed by atoms with Gasteiger partial charge in [0.15, 0.2) is 0 Å². The summed E-state index contributed by atoms with van der Waals surface area (Å²) in [5.41, 5.74) is 0.466. The Morgan fingerprint density at radius 1 is 0.935 bits per heavy atom. The number of benzene rings is 2. The third-order valence-electron chi connectivity index (χ3n) is 7.12. The van der Waals surface area contributed by atoms with Crippen molar-refractivity contribution in [3.63, 3.8) is 0 Å². The Labute approximate surface area is 267 Å². The second-order valence-corrected chi connectivity index (χ2v) is 11.7. The maximum Gasteiger partial charge on any atom is 0.329 e. The molecule has 1 aromatic heterocycles. The number of allylic oxidation sites excluding steroid dienone is 3. The molecule has 0 radical (unpaired) electrons. The van der Waals surface area contributed by atoms with Crippen molar-refractivity contribution in [2.75, 3.05) is 6.54 Å². The van der Waals surface area contributed by atoms with Crippen molar-refractivity contribution >= 4 is 24.0 Å². The van der Waals surface area contributed by atoms with Crippen LogP contribution in [0.15, 0.2) is 113 Å². The molecule has 46 heavy (non-hydrogen) atoms. The zero-order valence-corrected chi connectivity index (χ0v) is 26.1. The predicted octanol–water partition coefficient (Wildman–Crippen LogP) is 3.69. The van der Waals surface area contributed by atoms with E-state index in [4.69, 9.17) is 4.74 Å². The van der Waals surface area contributed by atoms with Crippen molar-refractivity contribution in [2.45, 2.75) is 57.0 Å². The van der Waals surface area contributed by atoms with Gasteiger partial charge in [-0.05, 0) is 69.0 Å². The quantitative estimate of drug-likeness (QED) is 0.136. The molecule has 0 saturated carbocycles. The highest BCUT2D eigenvalue weighted by Gasteiger charge is 2.35. The molecule has 11 nitrogen and oxygen atoms in total. The smallest absolute Gasteiger partial charge is 0.329 e. The number of amides is 2. The molecule has 4 rings (SSSR count). The lowest BCUT2D eigenvalue weighted by Crippen LogP contribution is -2.53. The molecule has 2 aromatic carbocycles. The third kappa shape index (κ3) is 8.52. The number of hydrogen-bond acceptors (Lipinski definition) is 8. The molecule has 240 valence electrons. The fraction of sp³-hybridized carbons (Fsp3) is 0.286. The minimum Gasteiger partial charge on any atom is -0.458 e. The van der Waals surface area contributed by atoms with Crippen LogP contribution >= 0.6 is 0 Å². The highest BCUT2D eigenvalue weighted by Crippen LogP contribution is 2.25. The van der Waals surface area contributed by atoms with Gasteiger partial charge in [-0.1, -0.05) is 72.8 Å². The number of nitrogens with one attached hydrogen (secondary N) is 3. The first-order valence-corrected chi connectivity index (χ1v) is 15.0. The summed E-state index contributed by atoms with van der Waals surface area (Å²) in [6.45, 7) is 5.24. The van der Waals surface area contributed by atoms with E-state index in [1.54, 1.807) is 51.3 Å². The molecule has 1 aliphatic heterocycles. The first-order chi connectivity index (χ1) is 22.0. The SMILES string of the molecule is CC(C)(C)OC(=O)[C@H](CCCNC(=O)C1(NO)C=CC=CC=N1)NC(=O)c1cccn(C(c2ccccc2)c2ccccc2)c1=O. The molecular weight excluding hydrogens is 586 g/mol. The fourth-order valence-electron chi connectivity index (χ4n) is 4.93. The van der Waals surface area contributed by atoms with Gasteiger partial charge in [-0.2, -0.15) is 5.48 Å². The number of aliphatic imine (C=N–C) groups is 1. The summed E-state index contributed by atoms with van der Waals surface area (Å²) in [5, 5.41) is 15.0. The van der Waals surface area contributed by atoms with Gasteiger partial charge >= 0.3 is 5.97 Å². The molecule has 11 heteroatoms. The third-order valence-corrected chi connectivity index (χ3v) is 7.12. The summed E-state index contributed by atoms with van der Waals surface area (Å²) in [6, 6.07) is 20.4. The summed E-state index contributed by atoms with van der Waals surface area (Å²) in [6.07, 6.45) is 9.62. The minimum absolute atomic E-state index is 0.0961. The summed E-state index contributed by atoms with van der Waals surface area (Å²) in [5.74, 6) is -2.01. The van der Waals surface area contributed by atoms with Crippen molar-refractivity contribution in [2.24, 2.45) is 4.99 Å². The lowest BCUT2D eigenvalue weighted by atomic mass is 9.98. The summed E-state index contributed by atoms with van der Waals surface area (Å²) in [7, 11) is 0. The van der Waals surface area contributed by atoms with Gasteiger partial charge in [-0.3, -0.25) is 19.4 Å². The molecule has 4 N–H and O–H groups in total. The first kappa shape index (κ1) is 33.8. The Kier molecular flexibility index (Phi) is 11.2. The summed E-state index contributed by atoms with van der Waals surface area (Å²) < 4.78 is 7.07. The maximum absolute atomic E-state index is 13.8. The van der Waals surface area contributed by atoms with E-state index in [-0.39, 0.29) is 24.9 Å². The molecule has 0 saturated heterocycles. The van der Waals surface area contributed by atoms with Gasteiger partial charge in [0.2, 0.25) is 5.66 Å². The lowest BCUT2D eigenvalue weighted by Gasteiger charge is -2.25. The van der Waals surface area contributed by atoms with E-state index in [1.165, 1.54) is 22.9 Å². The number of rotatable bonds is 12. The molecule has 2 atom stereocenters. The van der Waals surface area contributed by atoms with Crippen LogP contribution in [0.25, 0.3) is 0 Å². The number of aromatic nitrogens is 1. The lowest BCUT2D eigenvalue weighted by molar-refractivity contribution is -0.157. The van der Waals surface area contributed by atoms with Gasteiger partial charge < -0.3 is 25.1 Å². The van der Waals surface area contributed by atoms with E-state index in [1.807, 2.05) is 66.1 Å². The van der Waals surface area contributed by atoms with Crippen molar-refractivity contribution in [3.05, 3.63) is 130 Å². The first-order valence-electron chi connectivity index (χ1n) is 15.0. The van der Waals surface area contributed by atoms with Gasteiger partial charge in [0.05, 0.1) is 6.04 Å². The second-order valence-electron chi connectivity index (χ2n) is 11.7. The number of carbonyl (C=O) groups is 3. The molecular formula is C35H39N5O6. The van der Waals surface area contributed by atoms with Crippen molar-refractivity contribution < 1.29 is 24.3 Å². The maximum atomic E-state index is 13.8. The Hall–Kier alpha value is -5.13. The Morgan fingerprint density at radius 3 is 2.20 bits per heavy atom. The number of esters is 1. The number of ether oxygens (including phenoxy) is 1. The molecule has 0 aliphatic carbocycles. The number of hydrogen-bond donors (Lipinski definition) is 4. The summed E-state index contributed by atoms with van der Waals surface area (Å²) >= 11 is 0. The number of carbonyl (C=O) groups excluding carboxylic acids is 3. The average molecular weight is 626 g/mol. The van der Waals surface area contributed by atoms with Gasteiger partial charge in [0, 0.05) is 19.0 Å². The van der Waals surface area contributed by atoms with Crippen LogP contribution in [0.2, 0.25) is 0 Å². The molecule has 0 bridgehead atoms. The molecule has 0 fully saturated rings. The van der Waals surface area contributed by atoms with Gasteiger partial charge in [0.25, 0.3) is 17.4 Å². The molecule has 1 unspecified atom stereocenters. The van der Waals surface area contributed by atoms with E-state index >= 15 is 0 Å².